The van der Waals surface area contributed by atoms with E-state index >= 15 is 0 Å². The van der Waals surface area contributed by atoms with E-state index in [9.17, 15) is 9.59 Å². The molecule has 0 aliphatic rings. The van der Waals surface area contributed by atoms with Gasteiger partial charge in [0.2, 0.25) is 11.0 Å². The summed E-state index contributed by atoms with van der Waals surface area (Å²) >= 11 is 1.29. The molecule has 0 radical (unpaired) electrons. The van der Waals surface area contributed by atoms with E-state index in [1.165, 1.54) is 18.4 Å². The minimum Gasteiger partial charge on any atom is -0.496 e. The fourth-order valence-electron chi connectivity index (χ4n) is 2.94. The van der Waals surface area contributed by atoms with Crippen LogP contribution in [-0.2, 0) is 4.79 Å². The Balaban J connectivity index is 1.73. The Morgan fingerprint density at radius 2 is 1.83 bits per heavy atom. The van der Waals surface area contributed by atoms with Crippen molar-refractivity contribution in [2.75, 3.05) is 12.4 Å². The van der Waals surface area contributed by atoms with Crippen LogP contribution in [0.25, 0.3) is 10.6 Å². The van der Waals surface area contributed by atoms with Crippen LogP contribution in [0.15, 0.2) is 48.5 Å². The predicted octanol–water partition coefficient (Wildman–Crippen LogP) is 3.92. The van der Waals surface area contributed by atoms with Crippen LogP contribution in [0.3, 0.4) is 0 Å². The van der Waals surface area contributed by atoms with E-state index in [2.05, 4.69) is 20.8 Å². The fraction of sp³-hybridized carbons (Fsp3) is 0.273. The summed E-state index contributed by atoms with van der Waals surface area (Å²) in [6, 6.07) is 14.1. The maximum Gasteiger partial charge on any atom is 0.255 e. The summed E-state index contributed by atoms with van der Waals surface area (Å²) < 4.78 is 5.24. The summed E-state index contributed by atoms with van der Waals surface area (Å²) in [5, 5.41) is 14.9. The number of hydrogen-bond acceptors (Lipinski definition) is 6. The predicted molar refractivity (Wildman–Crippen MR) is 118 cm³/mol. The van der Waals surface area contributed by atoms with Crippen molar-refractivity contribution < 1.29 is 14.3 Å². The SMILES string of the molecule is COc1ccccc1C(=O)NC(C(=O)Nc1nnc(-c2cccc(C)c2)s1)C(C)C. The Bertz CT molecular complexity index is 1050. The molecule has 0 spiro atoms. The first-order chi connectivity index (χ1) is 14.4. The molecule has 2 N–H and O–H groups in total. The monoisotopic (exact) mass is 424 g/mol. The van der Waals surface area contributed by atoms with Gasteiger partial charge >= 0.3 is 0 Å². The van der Waals surface area contributed by atoms with Crippen molar-refractivity contribution in [2.45, 2.75) is 26.8 Å². The maximum atomic E-state index is 12.9. The maximum absolute atomic E-state index is 12.9. The largest absolute Gasteiger partial charge is 0.496 e. The number of hydrogen-bond donors (Lipinski definition) is 2. The molecular formula is C22H24N4O3S. The number of aromatic nitrogens is 2. The molecule has 3 rings (SSSR count). The summed E-state index contributed by atoms with van der Waals surface area (Å²) in [6.45, 7) is 5.74. The number of amides is 2. The third-order valence-corrected chi connectivity index (χ3v) is 5.40. The van der Waals surface area contributed by atoms with Gasteiger partial charge in [-0.3, -0.25) is 14.9 Å². The van der Waals surface area contributed by atoms with Gasteiger partial charge in [0.1, 0.15) is 16.8 Å². The Morgan fingerprint density at radius 1 is 1.07 bits per heavy atom. The molecular weight excluding hydrogens is 400 g/mol. The minimum atomic E-state index is -0.742. The number of benzene rings is 2. The van der Waals surface area contributed by atoms with Crippen LogP contribution in [0.1, 0.15) is 29.8 Å². The minimum absolute atomic E-state index is 0.132. The number of carbonyl (C=O) groups is 2. The van der Waals surface area contributed by atoms with Crippen molar-refractivity contribution >= 4 is 28.3 Å². The molecule has 2 aromatic carbocycles. The summed E-state index contributed by atoms with van der Waals surface area (Å²) in [5.41, 5.74) is 2.43. The Hall–Kier alpha value is -3.26. The third-order valence-electron chi connectivity index (χ3n) is 4.51. The lowest BCUT2D eigenvalue weighted by atomic mass is 10.0. The zero-order valence-corrected chi connectivity index (χ0v) is 18.1. The molecule has 7 nitrogen and oxygen atoms in total. The van der Waals surface area contributed by atoms with Gasteiger partial charge in [-0.05, 0) is 31.0 Å². The number of nitrogens with zero attached hydrogens (tertiary/aromatic N) is 2. The quantitative estimate of drug-likeness (QED) is 0.600. The third kappa shape index (κ3) is 5.01. The number of para-hydroxylation sites is 1. The van der Waals surface area contributed by atoms with Crippen LogP contribution in [-0.4, -0.2) is 35.2 Å². The van der Waals surface area contributed by atoms with Gasteiger partial charge in [-0.25, -0.2) is 0 Å². The van der Waals surface area contributed by atoms with Crippen LogP contribution in [0.5, 0.6) is 5.75 Å². The van der Waals surface area contributed by atoms with Gasteiger partial charge in [-0.15, -0.1) is 10.2 Å². The van der Waals surface area contributed by atoms with Gasteiger partial charge in [0.05, 0.1) is 12.7 Å². The Morgan fingerprint density at radius 3 is 2.53 bits per heavy atom. The van der Waals surface area contributed by atoms with Gasteiger partial charge in [-0.1, -0.05) is 61.1 Å². The second kappa shape index (κ2) is 9.49. The number of ether oxygens (including phenoxy) is 1. The molecule has 156 valence electrons. The molecule has 30 heavy (non-hydrogen) atoms. The van der Waals surface area contributed by atoms with Crippen LogP contribution in [0, 0.1) is 12.8 Å². The van der Waals surface area contributed by atoms with Crippen molar-refractivity contribution in [1.29, 1.82) is 0 Å². The van der Waals surface area contributed by atoms with Gasteiger partial charge < -0.3 is 10.1 Å². The lowest BCUT2D eigenvalue weighted by Crippen LogP contribution is -2.47. The first-order valence-corrected chi connectivity index (χ1v) is 10.4. The first-order valence-electron chi connectivity index (χ1n) is 9.54. The molecule has 2 amide bonds. The average molecular weight is 425 g/mol. The molecule has 0 fully saturated rings. The number of nitrogens with one attached hydrogen (secondary N) is 2. The number of anilines is 1. The van der Waals surface area contributed by atoms with Crippen molar-refractivity contribution in [3.05, 3.63) is 59.7 Å². The van der Waals surface area contributed by atoms with E-state index in [0.29, 0.717) is 21.5 Å². The highest BCUT2D eigenvalue weighted by atomic mass is 32.1. The molecule has 1 unspecified atom stereocenters. The highest BCUT2D eigenvalue weighted by Crippen LogP contribution is 2.27. The standard InChI is InChI=1S/C22H24N4O3S/c1-13(2)18(23-19(27)16-10-5-6-11-17(16)29-4)20(28)24-22-26-25-21(30-22)15-9-7-8-14(3)12-15/h5-13,18H,1-4H3,(H,23,27)(H,24,26,28). The second-order valence-electron chi connectivity index (χ2n) is 7.17. The molecule has 0 saturated carbocycles. The molecule has 0 aliphatic carbocycles. The zero-order chi connectivity index (χ0) is 21.7. The Labute approximate surface area is 179 Å². The molecule has 8 heteroatoms. The van der Waals surface area contributed by atoms with E-state index in [0.717, 1.165) is 11.1 Å². The smallest absolute Gasteiger partial charge is 0.255 e. The van der Waals surface area contributed by atoms with E-state index < -0.39 is 6.04 Å². The molecule has 1 atom stereocenters. The lowest BCUT2D eigenvalue weighted by Gasteiger charge is -2.21. The van der Waals surface area contributed by atoms with Crippen molar-refractivity contribution in [3.8, 4) is 16.3 Å². The molecule has 0 bridgehead atoms. The summed E-state index contributed by atoms with van der Waals surface area (Å²) in [5.74, 6) is -0.406. The van der Waals surface area contributed by atoms with Crippen LogP contribution >= 0.6 is 11.3 Å². The topological polar surface area (TPSA) is 93.2 Å². The van der Waals surface area contributed by atoms with Crippen LogP contribution in [0.2, 0.25) is 0 Å². The first kappa shape index (κ1) is 21.4. The molecule has 1 heterocycles. The number of aryl methyl sites for hydroxylation is 1. The second-order valence-corrected chi connectivity index (χ2v) is 8.14. The fourth-order valence-corrected chi connectivity index (χ4v) is 3.68. The zero-order valence-electron chi connectivity index (χ0n) is 17.3. The van der Waals surface area contributed by atoms with Crippen LogP contribution < -0.4 is 15.4 Å². The average Bonchev–Trinajstić information content (AvgIpc) is 3.20. The molecule has 0 saturated heterocycles. The number of rotatable bonds is 7. The number of methoxy groups -OCH3 is 1. The summed E-state index contributed by atoms with van der Waals surface area (Å²) in [4.78, 5) is 25.6. The normalized spacial score (nSPS) is 11.8. The molecule has 3 aromatic rings. The van der Waals surface area contributed by atoms with E-state index in [4.69, 9.17) is 4.74 Å². The van der Waals surface area contributed by atoms with Crippen LogP contribution in [0.4, 0.5) is 5.13 Å². The van der Waals surface area contributed by atoms with Gasteiger partial charge in [0, 0.05) is 5.56 Å². The lowest BCUT2D eigenvalue weighted by molar-refractivity contribution is -0.118. The Kier molecular flexibility index (Phi) is 6.79. The highest BCUT2D eigenvalue weighted by Gasteiger charge is 2.26. The molecule has 0 aliphatic heterocycles. The van der Waals surface area contributed by atoms with Crippen molar-refractivity contribution in [3.63, 3.8) is 0 Å². The van der Waals surface area contributed by atoms with Gasteiger partial charge in [-0.2, -0.15) is 0 Å². The van der Waals surface area contributed by atoms with Crippen molar-refractivity contribution in [1.82, 2.24) is 15.5 Å². The van der Waals surface area contributed by atoms with E-state index in [-0.39, 0.29) is 17.7 Å². The van der Waals surface area contributed by atoms with E-state index in [1.54, 1.807) is 24.3 Å². The summed E-state index contributed by atoms with van der Waals surface area (Å²) in [7, 11) is 1.50. The van der Waals surface area contributed by atoms with Crippen molar-refractivity contribution in [2.24, 2.45) is 5.92 Å². The van der Waals surface area contributed by atoms with Gasteiger partial charge in [0.15, 0.2) is 0 Å². The number of carbonyl (C=O) groups excluding carboxylic acids is 2. The molecule has 1 aromatic heterocycles. The van der Waals surface area contributed by atoms with E-state index in [1.807, 2.05) is 45.0 Å². The highest BCUT2D eigenvalue weighted by molar-refractivity contribution is 7.18. The van der Waals surface area contributed by atoms with Gasteiger partial charge in [0.25, 0.3) is 5.91 Å². The summed E-state index contributed by atoms with van der Waals surface area (Å²) in [6.07, 6.45) is 0.